The first-order chi connectivity index (χ1) is 30.3. The third-order valence-corrected chi connectivity index (χ3v) is 15.6. The van der Waals surface area contributed by atoms with Crippen LogP contribution in [0.2, 0.25) is 0 Å². The van der Waals surface area contributed by atoms with Gasteiger partial charge in [-0.15, -0.1) is 0 Å². The Balaban J connectivity index is 0.868. The molecular formula is C47H54N8O7S. The second-order valence-electron chi connectivity index (χ2n) is 18.8. The zero-order valence-electron chi connectivity index (χ0n) is 35.9. The molecule has 5 aromatic rings. The molecule has 330 valence electrons. The van der Waals surface area contributed by atoms with Crippen molar-refractivity contribution < 1.29 is 27.6 Å². The summed E-state index contributed by atoms with van der Waals surface area (Å²) in [5, 5.41) is 16.4. The number of pyridine rings is 1. The summed E-state index contributed by atoms with van der Waals surface area (Å²) in [4.78, 5) is 40.0. The number of carbonyl (C=O) groups excluding carboxylic acids is 1. The van der Waals surface area contributed by atoms with Gasteiger partial charge in [0.05, 0.1) is 27.1 Å². The number of rotatable bonds is 10. The van der Waals surface area contributed by atoms with Crippen LogP contribution in [-0.2, 0) is 10.0 Å². The van der Waals surface area contributed by atoms with Crippen LogP contribution in [0.15, 0.2) is 84.0 Å². The number of nitro groups is 1. The monoisotopic (exact) mass is 874 g/mol. The van der Waals surface area contributed by atoms with Crippen molar-refractivity contribution in [3.05, 3.63) is 106 Å². The number of nitro benzene ring substituents is 1. The molecule has 5 aliphatic rings. The van der Waals surface area contributed by atoms with E-state index in [0.717, 1.165) is 56.2 Å². The number of hydrogen-bond donors (Lipinski definition) is 3. The van der Waals surface area contributed by atoms with Gasteiger partial charge in [-0.2, -0.15) is 0 Å². The van der Waals surface area contributed by atoms with E-state index < -0.39 is 37.0 Å². The van der Waals surface area contributed by atoms with Crippen LogP contribution in [0.25, 0.3) is 11.0 Å². The molecule has 1 saturated carbocycles. The quantitative estimate of drug-likeness (QED) is 0.0913. The fourth-order valence-electron chi connectivity index (χ4n) is 11.0. The number of benzene rings is 3. The highest BCUT2D eigenvalue weighted by atomic mass is 32.2. The SMILES string of the molecule is CC(C)c1ccccc1[C@@H]1CCCN1C1CC2(CCN(c3ccc(C(=O)NS(=O)(=O)c4cc5c(c([N+](=O)[O-])c4)NC4(CCN(C)C4)CO5)c(Oc4cnc5[nH]ccc5c4)c3)CC2)C1. The topological polar surface area (TPSA) is 175 Å². The normalized spacial score (nSPS) is 22.5. The predicted octanol–water partition coefficient (Wildman–Crippen LogP) is 7.97. The van der Waals surface area contributed by atoms with Crippen molar-refractivity contribution in [3.63, 3.8) is 0 Å². The van der Waals surface area contributed by atoms with E-state index in [1.807, 2.05) is 19.2 Å². The minimum Gasteiger partial charge on any atom is -0.489 e. The first-order valence-corrected chi connectivity index (χ1v) is 23.6. The van der Waals surface area contributed by atoms with Gasteiger partial charge in [0.15, 0.2) is 11.4 Å². The smallest absolute Gasteiger partial charge is 0.297 e. The van der Waals surface area contributed by atoms with E-state index in [9.17, 15) is 23.3 Å². The highest BCUT2D eigenvalue weighted by molar-refractivity contribution is 7.90. The van der Waals surface area contributed by atoms with Gasteiger partial charge < -0.3 is 29.6 Å². The molecule has 63 heavy (non-hydrogen) atoms. The largest absolute Gasteiger partial charge is 0.489 e. The van der Waals surface area contributed by atoms with Crippen molar-refractivity contribution in [3.8, 4) is 17.2 Å². The van der Waals surface area contributed by atoms with Crippen molar-refractivity contribution in [2.75, 3.05) is 56.6 Å². The van der Waals surface area contributed by atoms with Crippen LogP contribution in [0, 0.1) is 15.5 Å². The Bertz CT molecular complexity index is 2710. The van der Waals surface area contributed by atoms with Crippen molar-refractivity contribution in [2.45, 2.75) is 87.2 Å². The van der Waals surface area contributed by atoms with Crippen molar-refractivity contribution in [2.24, 2.45) is 5.41 Å². The van der Waals surface area contributed by atoms with E-state index in [4.69, 9.17) is 9.47 Å². The molecule has 0 radical (unpaired) electrons. The number of nitrogens with one attached hydrogen (secondary N) is 3. The number of likely N-dealkylation sites (tertiary alicyclic amines) is 2. The summed E-state index contributed by atoms with van der Waals surface area (Å²) in [6.07, 6.45) is 11.0. The lowest BCUT2D eigenvalue weighted by atomic mass is 9.59. The van der Waals surface area contributed by atoms with Crippen molar-refractivity contribution in [1.82, 2.24) is 24.5 Å². The van der Waals surface area contributed by atoms with E-state index in [2.05, 4.69) is 72.8 Å². The molecule has 3 aromatic carbocycles. The van der Waals surface area contributed by atoms with E-state index in [1.165, 1.54) is 42.9 Å². The maximum Gasteiger partial charge on any atom is 0.297 e. The van der Waals surface area contributed by atoms with E-state index in [1.54, 1.807) is 30.6 Å². The summed E-state index contributed by atoms with van der Waals surface area (Å²) in [5.74, 6) is 0.0973. The maximum absolute atomic E-state index is 14.1. The molecule has 15 nitrogen and oxygen atoms in total. The Kier molecular flexibility index (Phi) is 10.4. The second kappa shape index (κ2) is 15.8. The molecule has 1 amide bonds. The first kappa shape index (κ1) is 41.3. The minimum absolute atomic E-state index is 0.0244. The molecular weight excluding hydrogens is 821 g/mol. The Labute approximate surface area is 367 Å². The molecule has 3 N–H and O–H groups in total. The third kappa shape index (κ3) is 7.75. The van der Waals surface area contributed by atoms with Gasteiger partial charge in [-0.3, -0.25) is 19.8 Å². The Hall–Kier alpha value is -5.71. The third-order valence-electron chi connectivity index (χ3n) is 14.3. The summed E-state index contributed by atoms with van der Waals surface area (Å²) in [5.41, 5.74) is 3.91. The number of carbonyl (C=O) groups is 1. The highest BCUT2D eigenvalue weighted by Crippen LogP contribution is 2.54. The van der Waals surface area contributed by atoms with Crippen LogP contribution in [0.5, 0.6) is 17.2 Å². The van der Waals surface area contributed by atoms with Crippen LogP contribution in [0.4, 0.5) is 17.1 Å². The molecule has 4 fully saturated rings. The molecule has 16 heteroatoms. The zero-order valence-corrected chi connectivity index (χ0v) is 36.7. The van der Waals surface area contributed by atoms with Gasteiger partial charge in [-0.25, -0.2) is 18.1 Å². The maximum atomic E-state index is 14.1. The Morgan fingerprint density at radius 2 is 1.84 bits per heavy atom. The average molecular weight is 875 g/mol. The zero-order chi connectivity index (χ0) is 43.7. The number of sulfonamides is 1. The molecule has 0 bridgehead atoms. The average Bonchev–Trinajstić information content (AvgIpc) is 4.02. The molecule has 2 atom stereocenters. The van der Waals surface area contributed by atoms with Gasteiger partial charge in [0.2, 0.25) is 0 Å². The number of hydrogen-bond acceptors (Lipinski definition) is 12. The number of anilines is 2. The number of ether oxygens (including phenoxy) is 2. The molecule has 10 rings (SSSR count). The first-order valence-electron chi connectivity index (χ1n) is 22.1. The van der Waals surface area contributed by atoms with E-state index in [0.29, 0.717) is 47.8 Å². The van der Waals surface area contributed by atoms with Gasteiger partial charge in [-0.1, -0.05) is 38.1 Å². The lowest BCUT2D eigenvalue weighted by Gasteiger charge is -2.56. The number of nitrogens with zero attached hydrogens (tertiary/aromatic N) is 5. The van der Waals surface area contributed by atoms with Gasteiger partial charge in [0.1, 0.15) is 23.8 Å². The number of fused-ring (bicyclic) bond motifs is 2. The van der Waals surface area contributed by atoms with Gasteiger partial charge >= 0.3 is 0 Å². The van der Waals surface area contributed by atoms with Crippen molar-refractivity contribution in [1.29, 1.82) is 0 Å². The van der Waals surface area contributed by atoms with Crippen LogP contribution in [0.3, 0.4) is 0 Å². The standard InChI is InChI=1S/C47H54N8O7S/c1-30(2)36-7-4-5-8-37(36)39-9-6-17-54(39)33-25-46(26-33)13-19-53(20-14-46)32-10-11-38(41(22-32)62-34-21-31-12-16-48-44(31)49-27-34)45(56)51-63(59,60)35-23-40(55(57)58)43-42(24-35)61-29-47(50-43)15-18-52(3)28-47/h4-5,7-8,10-12,16,21-24,27,30,33,39,50H,6,9,13-15,17-20,25-26,28-29H2,1-3H3,(H,48,49)(H,51,56)/t39-,47?/m0/s1. The van der Waals surface area contributed by atoms with Crippen LogP contribution >= 0.6 is 0 Å². The number of H-pyrrole nitrogens is 1. The molecule has 2 spiro atoms. The van der Waals surface area contributed by atoms with E-state index in [-0.39, 0.29) is 29.4 Å². The van der Waals surface area contributed by atoms with Gasteiger partial charge in [0.25, 0.3) is 21.6 Å². The summed E-state index contributed by atoms with van der Waals surface area (Å²) < 4.78 is 42.3. The highest BCUT2D eigenvalue weighted by Gasteiger charge is 2.50. The van der Waals surface area contributed by atoms with Gasteiger partial charge in [-0.05, 0) is 105 Å². The van der Waals surface area contributed by atoms with E-state index >= 15 is 0 Å². The molecule has 6 heterocycles. The number of amides is 1. The van der Waals surface area contributed by atoms with Crippen molar-refractivity contribution >= 4 is 44.0 Å². The predicted molar refractivity (Wildman–Crippen MR) is 240 cm³/mol. The number of aromatic nitrogens is 2. The molecule has 3 saturated heterocycles. The lowest BCUT2D eigenvalue weighted by Crippen LogP contribution is -2.54. The minimum atomic E-state index is -4.63. The molecule has 4 aliphatic heterocycles. The Morgan fingerprint density at radius 3 is 2.60 bits per heavy atom. The lowest BCUT2D eigenvalue weighted by molar-refractivity contribution is -0.384. The number of likely N-dealkylation sites (N-methyl/N-ethyl adjacent to an activating group) is 1. The summed E-state index contributed by atoms with van der Waals surface area (Å²) in [6.45, 7) is 9.02. The number of piperidine rings is 1. The molecule has 1 unspecified atom stereocenters. The summed E-state index contributed by atoms with van der Waals surface area (Å²) >= 11 is 0. The van der Waals surface area contributed by atoms with Gasteiger partial charge in [0, 0.05) is 73.7 Å². The van der Waals surface area contributed by atoms with Crippen LogP contribution < -0.4 is 24.4 Å². The van der Waals surface area contributed by atoms with Crippen LogP contribution in [-0.4, -0.2) is 97.0 Å². The van der Waals surface area contributed by atoms with Crippen LogP contribution in [0.1, 0.15) is 92.2 Å². The fourth-order valence-corrected chi connectivity index (χ4v) is 12.0. The molecule has 1 aliphatic carbocycles. The summed E-state index contributed by atoms with van der Waals surface area (Å²) in [6, 6.07) is 21.1. The fraction of sp³-hybridized carbons (Fsp3) is 0.447. The Morgan fingerprint density at radius 1 is 1.03 bits per heavy atom. The second-order valence-corrected chi connectivity index (χ2v) is 20.5. The molecule has 2 aromatic heterocycles. The summed E-state index contributed by atoms with van der Waals surface area (Å²) in [7, 11) is -2.66. The number of aromatic amines is 1.